The van der Waals surface area contributed by atoms with Gasteiger partial charge in [-0.15, -0.1) is 0 Å². The molecule has 8 heteroatoms. The predicted molar refractivity (Wildman–Crippen MR) is 79.9 cm³/mol. The topological polar surface area (TPSA) is 86.7 Å². The summed E-state index contributed by atoms with van der Waals surface area (Å²) in [6.45, 7) is 1.78. The van der Waals surface area contributed by atoms with Gasteiger partial charge >= 0.3 is 0 Å². The largest absolute Gasteiger partial charge is 0.393 e. The van der Waals surface area contributed by atoms with Crippen molar-refractivity contribution in [2.75, 3.05) is 18.9 Å². The number of fused-ring (bicyclic) bond motifs is 1. The first-order valence-electron chi connectivity index (χ1n) is 6.48. The molecule has 2 rings (SSSR count). The molecule has 0 radical (unpaired) electrons. The molecule has 1 aromatic carbocycles. The highest BCUT2D eigenvalue weighted by atomic mass is 35.5. The molecule has 1 aromatic rings. The molecule has 1 amide bonds. The third-order valence-electron chi connectivity index (χ3n) is 3.33. The Hall–Kier alpha value is -1.15. The number of nitrogens with zero attached hydrogens (tertiary/aromatic N) is 1. The minimum absolute atomic E-state index is 0.0208. The summed E-state index contributed by atoms with van der Waals surface area (Å²) < 4.78 is 26.2. The van der Waals surface area contributed by atoms with E-state index in [1.165, 1.54) is 19.2 Å². The molecule has 0 saturated carbocycles. The van der Waals surface area contributed by atoms with Crippen LogP contribution in [0.15, 0.2) is 17.0 Å². The quantitative estimate of drug-likeness (QED) is 0.849. The van der Waals surface area contributed by atoms with Crippen molar-refractivity contribution < 1.29 is 18.3 Å². The van der Waals surface area contributed by atoms with Crippen LogP contribution in [-0.4, -0.2) is 43.4 Å². The summed E-state index contributed by atoms with van der Waals surface area (Å²) in [5.41, 5.74) is 1.17. The Bertz CT molecular complexity index is 673. The van der Waals surface area contributed by atoms with Crippen LogP contribution in [-0.2, 0) is 21.2 Å². The van der Waals surface area contributed by atoms with Gasteiger partial charge in [-0.25, -0.2) is 12.7 Å². The van der Waals surface area contributed by atoms with Crippen molar-refractivity contribution in [1.29, 1.82) is 0 Å². The Kier molecular flexibility index (Phi) is 4.57. The average Bonchev–Trinajstić information content (AvgIpc) is 2.73. The van der Waals surface area contributed by atoms with Crippen LogP contribution < -0.4 is 5.32 Å². The smallest absolute Gasteiger partial charge is 0.244 e. The molecule has 1 unspecified atom stereocenters. The van der Waals surface area contributed by atoms with E-state index in [1.54, 1.807) is 6.92 Å². The maximum atomic E-state index is 12.5. The molecular weight excluding hydrogens is 316 g/mol. The van der Waals surface area contributed by atoms with Crippen LogP contribution >= 0.6 is 11.6 Å². The molecule has 0 bridgehead atoms. The fourth-order valence-corrected chi connectivity index (χ4v) is 3.81. The number of amides is 1. The van der Waals surface area contributed by atoms with Crippen molar-refractivity contribution >= 4 is 33.2 Å². The molecule has 0 aromatic heterocycles. The number of carbonyl (C=O) groups is 1. The molecule has 0 aliphatic carbocycles. The highest BCUT2D eigenvalue weighted by molar-refractivity contribution is 7.89. The number of benzene rings is 1. The van der Waals surface area contributed by atoms with E-state index in [9.17, 15) is 18.3 Å². The maximum Gasteiger partial charge on any atom is 0.244 e. The van der Waals surface area contributed by atoms with Crippen LogP contribution in [0.4, 0.5) is 5.69 Å². The van der Waals surface area contributed by atoms with Gasteiger partial charge in [0.25, 0.3) is 0 Å². The second kappa shape index (κ2) is 5.92. The van der Waals surface area contributed by atoms with Crippen LogP contribution in [0.1, 0.15) is 18.9 Å². The van der Waals surface area contributed by atoms with E-state index in [0.717, 1.165) is 4.31 Å². The van der Waals surface area contributed by atoms with E-state index >= 15 is 0 Å². The summed E-state index contributed by atoms with van der Waals surface area (Å²) in [7, 11) is -2.32. The van der Waals surface area contributed by atoms with Gasteiger partial charge in [-0.3, -0.25) is 4.79 Å². The Balaban J connectivity index is 2.33. The Labute approximate surface area is 128 Å². The summed E-state index contributed by atoms with van der Waals surface area (Å²) >= 11 is 6.04. The summed E-state index contributed by atoms with van der Waals surface area (Å²) in [5, 5.41) is 11.9. The number of sulfonamides is 1. The Morgan fingerprint density at radius 1 is 1.48 bits per heavy atom. The number of rotatable bonds is 5. The highest BCUT2D eigenvalue weighted by Crippen LogP contribution is 2.33. The fraction of sp³-hybridized carbons (Fsp3) is 0.462. The molecule has 0 fully saturated rings. The number of aliphatic hydroxyl groups excluding tert-OH is 1. The lowest BCUT2D eigenvalue weighted by molar-refractivity contribution is -0.115. The first-order chi connectivity index (χ1) is 9.71. The molecule has 116 valence electrons. The number of nitrogens with one attached hydrogen (secondary N) is 1. The van der Waals surface area contributed by atoms with E-state index in [0.29, 0.717) is 17.7 Å². The third kappa shape index (κ3) is 3.37. The summed E-state index contributed by atoms with van der Waals surface area (Å²) in [6.07, 6.45) is -0.106. The summed E-state index contributed by atoms with van der Waals surface area (Å²) in [4.78, 5) is 11.3. The Morgan fingerprint density at radius 2 is 2.14 bits per heavy atom. The monoisotopic (exact) mass is 332 g/mol. The lowest BCUT2D eigenvalue weighted by Gasteiger charge is -2.19. The second-order valence-corrected chi connectivity index (χ2v) is 7.55. The predicted octanol–water partition coefficient (Wildman–Crippen LogP) is 1.23. The molecular formula is C13H17ClN2O4S. The maximum absolute atomic E-state index is 12.5. The number of halogens is 1. The van der Waals surface area contributed by atoms with Crippen LogP contribution in [0.5, 0.6) is 0 Å². The molecule has 1 heterocycles. The number of aliphatic hydroxyl groups is 1. The lowest BCUT2D eigenvalue weighted by atomic mass is 10.2. The molecule has 1 atom stereocenters. The van der Waals surface area contributed by atoms with Gasteiger partial charge in [0.1, 0.15) is 4.90 Å². The van der Waals surface area contributed by atoms with Crippen molar-refractivity contribution in [3.05, 3.63) is 22.7 Å². The van der Waals surface area contributed by atoms with Crippen LogP contribution in [0.25, 0.3) is 0 Å². The van der Waals surface area contributed by atoms with E-state index in [-0.39, 0.29) is 28.8 Å². The number of anilines is 1. The van der Waals surface area contributed by atoms with Gasteiger partial charge < -0.3 is 10.4 Å². The van der Waals surface area contributed by atoms with Gasteiger partial charge in [-0.1, -0.05) is 11.6 Å². The van der Waals surface area contributed by atoms with Gasteiger partial charge in [0.15, 0.2) is 0 Å². The average molecular weight is 333 g/mol. The Morgan fingerprint density at radius 3 is 2.76 bits per heavy atom. The summed E-state index contributed by atoms with van der Waals surface area (Å²) in [6, 6.07) is 2.89. The molecule has 6 nitrogen and oxygen atoms in total. The molecule has 0 spiro atoms. The zero-order valence-electron chi connectivity index (χ0n) is 11.8. The first kappa shape index (κ1) is 16.2. The van der Waals surface area contributed by atoms with Crippen molar-refractivity contribution in [1.82, 2.24) is 4.31 Å². The number of hydrogen-bond donors (Lipinski definition) is 2. The van der Waals surface area contributed by atoms with Crippen molar-refractivity contribution in [2.24, 2.45) is 0 Å². The van der Waals surface area contributed by atoms with Gasteiger partial charge in [0, 0.05) is 19.3 Å². The zero-order valence-corrected chi connectivity index (χ0v) is 13.3. The van der Waals surface area contributed by atoms with Crippen LogP contribution in [0.3, 0.4) is 0 Å². The molecule has 2 N–H and O–H groups in total. The fourth-order valence-electron chi connectivity index (χ4n) is 2.08. The minimum Gasteiger partial charge on any atom is -0.393 e. The normalized spacial score (nSPS) is 16.0. The van der Waals surface area contributed by atoms with Gasteiger partial charge in [0.2, 0.25) is 15.9 Å². The summed E-state index contributed by atoms with van der Waals surface area (Å²) in [5.74, 6) is -0.182. The number of hydrogen-bond acceptors (Lipinski definition) is 4. The van der Waals surface area contributed by atoms with E-state index in [1.807, 2.05) is 0 Å². The first-order valence-corrected chi connectivity index (χ1v) is 8.30. The van der Waals surface area contributed by atoms with E-state index < -0.39 is 16.1 Å². The van der Waals surface area contributed by atoms with Crippen molar-refractivity contribution in [2.45, 2.75) is 30.8 Å². The van der Waals surface area contributed by atoms with Crippen LogP contribution in [0.2, 0.25) is 5.02 Å². The molecule has 1 aliphatic heterocycles. The highest BCUT2D eigenvalue weighted by Gasteiger charge is 2.27. The minimum atomic E-state index is -3.75. The molecule has 0 saturated heterocycles. The zero-order chi connectivity index (χ0) is 15.8. The second-order valence-electron chi connectivity index (χ2n) is 5.13. The van der Waals surface area contributed by atoms with Crippen molar-refractivity contribution in [3.63, 3.8) is 0 Å². The third-order valence-corrected chi connectivity index (χ3v) is 5.65. The van der Waals surface area contributed by atoms with Crippen LogP contribution in [0, 0.1) is 0 Å². The number of carbonyl (C=O) groups excluding carboxylic acids is 1. The molecule has 1 aliphatic rings. The van der Waals surface area contributed by atoms with E-state index in [2.05, 4.69) is 5.32 Å². The van der Waals surface area contributed by atoms with Gasteiger partial charge in [-0.2, -0.15) is 0 Å². The molecule has 21 heavy (non-hydrogen) atoms. The van der Waals surface area contributed by atoms with E-state index in [4.69, 9.17) is 11.6 Å². The SMILES string of the molecule is CC(O)CCN(C)S(=O)(=O)c1cc2c(cc1Cl)NC(=O)C2. The van der Waals surface area contributed by atoms with Crippen molar-refractivity contribution in [3.8, 4) is 0 Å². The lowest BCUT2D eigenvalue weighted by Crippen LogP contribution is -2.29. The standard InChI is InChI=1S/C13H17ClN2O4S/c1-8(17)3-4-16(2)21(19,20)12-5-9-6-13(18)15-11(9)7-10(12)14/h5,7-8,17H,3-4,6H2,1-2H3,(H,15,18). The van der Waals surface area contributed by atoms with Gasteiger partial charge in [-0.05, 0) is 31.0 Å². The van der Waals surface area contributed by atoms with Gasteiger partial charge in [0.05, 0.1) is 17.5 Å².